The highest BCUT2D eigenvalue weighted by Crippen LogP contribution is 2.17. The van der Waals surface area contributed by atoms with Crippen LogP contribution in [0.2, 0.25) is 0 Å². The van der Waals surface area contributed by atoms with Crippen molar-refractivity contribution in [1.29, 1.82) is 0 Å². The van der Waals surface area contributed by atoms with Gasteiger partial charge in [-0.1, -0.05) is 144 Å². The highest BCUT2D eigenvalue weighted by atomic mass is 32.3. The molecular weight excluding hydrogens is 633 g/mol. The van der Waals surface area contributed by atoms with Crippen molar-refractivity contribution in [2.45, 2.75) is 165 Å². The van der Waals surface area contributed by atoms with E-state index in [1.165, 1.54) is 164 Å². The van der Waals surface area contributed by atoms with Crippen LogP contribution in [-0.2, 0) is 17.0 Å². The molecule has 49 heavy (non-hydrogen) atoms. The fourth-order valence-corrected chi connectivity index (χ4v) is 6.05. The Balaban J connectivity index is -0.000000620. The smallest absolute Gasteiger partial charge is 0.0786 e. The summed E-state index contributed by atoms with van der Waals surface area (Å²) in [6.45, 7) is 33.8. The van der Waals surface area contributed by atoms with E-state index < -0.39 is 10.4 Å². The van der Waals surface area contributed by atoms with Crippen LogP contribution in [0.1, 0.15) is 169 Å². The molecule has 0 aliphatic rings. The van der Waals surface area contributed by atoms with Crippen LogP contribution in [0.3, 0.4) is 0 Å². The molecule has 0 fully saturated rings. The summed E-state index contributed by atoms with van der Waals surface area (Å²) in [5.41, 5.74) is 2.02. The van der Waals surface area contributed by atoms with Crippen LogP contribution < -0.4 is 0 Å². The first-order chi connectivity index (χ1) is 23.3. The van der Waals surface area contributed by atoms with E-state index in [0.29, 0.717) is 0 Å². The first-order valence-corrected chi connectivity index (χ1v) is 21.4. The van der Waals surface area contributed by atoms with Crippen molar-refractivity contribution in [3.63, 3.8) is 0 Å². The average molecular weight is 715 g/mol. The Labute approximate surface area is 306 Å². The molecule has 0 aliphatic carbocycles. The number of benzene rings is 1. The zero-order valence-electron chi connectivity index (χ0n) is 33.7. The van der Waals surface area contributed by atoms with Gasteiger partial charge in [0.1, 0.15) is 0 Å². The Morgan fingerprint density at radius 2 is 0.735 bits per heavy atom. The summed E-state index contributed by atoms with van der Waals surface area (Å²) < 4.78 is 36.9. The van der Waals surface area contributed by atoms with Crippen molar-refractivity contribution in [2.75, 3.05) is 52.4 Å². The first-order valence-electron chi connectivity index (χ1n) is 20.0. The molecule has 0 bridgehead atoms. The lowest BCUT2D eigenvalue weighted by atomic mass is 10.1. The maximum Gasteiger partial charge on any atom is 0.0786 e. The van der Waals surface area contributed by atoms with Gasteiger partial charge in [-0.15, -0.1) is 0 Å². The van der Waals surface area contributed by atoms with Crippen molar-refractivity contribution in [2.24, 2.45) is 0 Å². The maximum absolute atomic E-state index is 8.68. The van der Waals surface area contributed by atoms with Gasteiger partial charge in [0.05, 0.1) is 59.0 Å². The van der Waals surface area contributed by atoms with Crippen LogP contribution in [0.25, 0.3) is 6.08 Å². The second-order valence-electron chi connectivity index (χ2n) is 13.8. The maximum atomic E-state index is 8.68. The minimum Gasteiger partial charge on any atom is -0.759 e. The molecule has 0 radical (unpaired) electrons. The highest BCUT2D eigenvalue weighted by Gasteiger charge is 2.25. The van der Waals surface area contributed by atoms with E-state index in [4.69, 9.17) is 22.6 Å². The van der Waals surface area contributed by atoms with Crippen molar-refractivity contribution >= 4 is 16.5 Å². The summed E-state index contributed by atoms with van der Waals surface area (Å²) in [6.07, 6.45) is 23.9. The van der Waals surface area contributed by atoms with Gasteiger partial charge in [0.15, 0.2) is 0 Å². The van der Waals surface area contributed by atoms with Gasteiger partial charge in [-0.3, -0.25) is 8.42 Å². The quantitative estimate of drug-likeness (QED) is 0.0585. The largest absolute Gasteiger partial charge is 0.759 e. The van der Waals surface area contributed by atoms with E-state index in [0.717, 1.165) is 11.1 Å². The van der Waals surface area contributed by atoms with Gasteiger partial charge >= 0.3 is 0 Å². The molecule has 0 heterocycles. The Kier molecular flexibility index (Phi) is 37.3. The monoisotopic (exact) mass is 715 g/mol. The van der Waals surface area contributed by atoms with Gasteiger partial charge < -0.3 is 23.2 Å². The van der Waals surface area contributed by atoms with E-state index >= 15 is 0 Å². The van der Waals surface area contributed by atoms with Crippen LogP contribution in [0.15, 0.2) is 30.8 Å². The molecule has 7 nitrogen and oxygen atoms in total. The van der Waals surface area contributed by atoms with E-state index in [-0.39, 0.29) is 6.61 Å². The summed E-state index contributed by atoms with van der Waals surface area (Å²) in [6, 6.07) is 7.63. The lowest BCUT2D eigenvalue weighted by Gasteiger charge is -2.39. The number of unbranched alkanes of at least 4 members (excludes halogenated alkanes) is 8. The third kappa shape index (κ3) is 33.6. The molecule has 0 saturated carbocycles. The van der Waals surface area contributed by atoms with Gasteiger partial charge in [-0.05, 0) is 62.5 Å². The number of aliphatic hydroxyl groups excluding tert-OH is 1. The Bertz CT molecular complexity index is 819. The van der Waals surface area contributed by atoms with Crippen molar-refractivity contribution in [1.82, 2.24) is 0 Å². The fraction of sp³-hybridized carbons (Fsp3) is 0.805. The zero-order valence-corrected chi connectivity index (χ0v) is 34.5. The lowest BCUT2D eigenvalue weighted by Crippen LogP contribution is -2.50. The number of rotatable bonds is 26. The SMILES string of the molecule is C=Cc1ccc(CO)cc1.CCCC[N+](CCCC)(CCCC)CCCC.CCCC[N+](CCCC)(CCCC)CCCC.O=S(=O)([O-])[O-]. The van der Waals surface area contributed by atoms with Gasteiger partial charge in [0, 0.05) is 10.4 Å². The average Bonchev–Trinajstić information content (AvgIpc) is 3.10. The molecule has 0 unspecified atom stereocenters. The number of aliphatic hydroxyl groups is 1. The summed E-state index contributed by atoms with van der Waals surface area (Å²) in [5, 5.41) is 8.68. The Morgan fingerprint density at radius 1 is 0.531 bits per heavy atom. The normalized spacial score (nSPS) is 11.4. The second kappa shape index (κ2) is 35.1. The van der Waals surface area contributed by atoms with Crippen LogP contribution in [0.5, 0.6) is 0 Å². The molecule has 0 saturated heterocycles. The molecule has 8 heteroatoms. The standard InChI is InChI=1S/2C16H36N.C9H10O.H2O4S/c2*1-5-9-13-17(14-10-6-2,15-11-7-3)16-12-8-4;1-2-8-3-5-9(7-10)6-4-8;1-5(2,3)4/h2*5-16H2,1-4H3;2-6,10H,1,7H2;(H2,1,2,3,4)/q2*+1;;/p-2. The molecule has 0 atom stereocenters. The molecule has 0 aliphatic heterocycles. The number of hydrogen-bond acceptors (Lipinski definition) is 5. The van der Waals surface area contributed by atoms with Crippen molar-refractivity contribution < 1.29 is 31.6 Å². The van der Waals surface area contributed by atoms with E-state index in [1.807, 2.05) is 24.3 Å². The van der Waals surface area contributed by atoms with Gasteiger partial charge in [-0.2, -0.15) is 0 Å². The zero-order chi connectivity index (χ0) is 37.9. The lowest BCUT2D eigenvalue weighted by molar-refractivity contribution is -0.929. The van der Waals surface area contributed by atoms with Crippen LogP contribution in [-0.4, -0.2) is 84.0 Å². The van der Waals surface area contributed by atoms with Crippen molar-refractivity contribution in [3.8, 4) is 0 Å². The Morgan fingerprint density at radius 3 is 0.878 bits per heavy atom. The molecule has 1 rings (SSSR count). The molecule has 1 aromatic carbocycles. The number of nitrogens with zero attached hydrogens (tertiary/aromatic N) is 2. The van der Waals surface area contributed by atoms with Crippen LogP contribution in [0, 0.1) is 0 Å². The first kappa shape index (κ1) is 52.1. The minimum atomic E-state index is -5.17. The topological polar surface area (TPSA) is 100 Å². The summed E-state index contributed by atoms with van der Waals surface area (Å²) in [5.74, 6) is 0. The van der Waals surface area contributed by atoms with E-state index in [9.17, 15) is 0 Å². The number of hydrogen-bond donors (Lipinski definition) is 1. The van der Waals surface area contributed by atoms with E-state index in [1.54, 1.807) is 6.08 Å². The third-order valence-electron chi connectivity index (χ3n) is 9.29. The van der Waals surface area contributed by atoms with E-state index in [2.05, 4.69) is 62.0 Å². The molecule has 292 valence electrons. The predicted molar refractivity (Wildman–Crippen MR) is 212 cm³/mol. The van der Waals surface area contributed by atoms with Crippen molar-refractivity contribution in [3.05, 3.63) is 42.0 Å². The van der Waals surface area contributed by atoms with Gasteiger partial charge in [-0.25, -0.2) is 0 Å². The van der Waals surface area contributed by atoms with Crippen LogP contribution >= 0.6 is 0 Å². The van der Waals surface area contributed by atoms with Gasteiger partial charge in [0.25, 0.3) is 0 Å². The molecule has 0 amide bonds. The van der Waals surface area contributed by atoms with Gasteiger partial charge in [0.2, 0.25) is 0 Å². The third-order valence-corrected chi connectivity index (χ3v) is 9.29. The van der Waals surface area contributed by atoms with Crippen LogP contribution in [0.4, 0.5) is 0 Å². The molecule has 1 N–H and O–H groups in total. The molecule has 0 aromatic heterocycles. The minimum absolute atomic E-state index is 0.109. The molecule has 0 spiro atoms. The summed E-state index contributed by atoms with van der Waals surface area (Å²) in [4.78, 5) is 0. The summed E-state index contributed by atoms with van der Waals surface area (Å²) in [7, 11) is -5.17. The second-order valence-corrected chi connectivity index (χ2v) is 14.6. The number of quaternary nitrogens is 2. The fourth-order valence-electron chi connectivity index (χ4n) is 6.05. The summed E-state index contributed by atoms with van der Waals surface area (Å²) >= 11 is 0. The highest BCUT2D eigenvalue weighted by molar-refractivity contribution is 7.79. The Hall–Kier alpha value is -1.29. The predicted octanol–water partition coefficient (Wildman–Crippen LogP) is 10.5. The molecular formula is C41H82N2O5S. The molecule has 1 aromatic rings.